The van der Waals surface area contributed by atoms with Gasteiger partial charge in [-0.2, -0.15) is 0 Å². The van der Waals surface area contributed by atoms with Crippen molar-refractivity contribution in [3.05, 3.63) is 56.8 Å². The molecule has 1 aliphatic carbocycles. The highest BCUT2D eigenvalue weighted by Gasteiger charge is 2.20. The maximum Gasteiger partial charge on any atom is 0.0646 e. The van der Waals surface area contributed by atoms with Gasteiger partial charge in [-0.1, -0.05) is 30.7 Å². The van der Waals surface area contributed by atoms with Gasteiger partial charge in [0.05, 0.1) is 6.04 Å². The lowest BCUT2D eigenvalue weighted by molar-refractivity contribution is 0.419. The Morgan fingerprint density at radius 3 is 2.58 bits per heavy atom. The van der Waals surface area contributed by atoms with Gasteiger partial charge in [-0.05, 0) is 55.4 Å². The van der Waals surface area contributed by atoms with E-state index >= 15 is 0 Å². The zero-order valence-corrected chi connectivity index (χ0v) is 12.5. The first kappa shape index (κ1) is 12.9. The standard InChI is InChI=1S/C17H21NS/c1-11-9-16(19-12(11)2)17(18)15-8-4-7-14(10-15)13-5-3-6-13/h4,7-10,13,17H,3,5-6,18H2,1-2H3. The Labute approximate surface area is 119 Å². The molecule has 1 aromatic heterocycles. The average Bonchev–Trinajstić information content (AvgIpc) is 2.67. The van der Waals surface area contributed by atoms with Gasteiger partial charge in [0.15, 0.2) is 0 Å². The SMILES string of the molecule is Cc1cc(C(N)c2cccc(C3CCC3)c2)sc1C. The molecule has 0 bridgehead atoms. The number of rotatable bonds is 3. The van der Waals surface area contributed by atoms with E-state index in [2.05, 4.69) is 44.2 Å². The largest absolute Gasteiger partial charge is 0.320 e. The molecule has 0 radical (unpaired) electrons. The second-order valence-corrected chi connectivity index (χ2v) is 6.95. The molecule has 100 valence electrons. The van der Waals surface area contributed by atoms with Crippen molar-refractivity contribution in [2.45, 2.75) is 45.1 Å². The quantitative estimate of drug-likeness (QED) is 0.861. The Hall–Kier alpha value is -1.12. The van der Waals surface area contributed by atoms with E-state index in [1.54, 1.807) is 0 Å². The van der Waals surface area contributed by atoms with E-state index in [1.807, 2.05) is 11.3 Å². The van der Waals surface area contributed by atoms with E-state index in [1.165, 1.54) is 45.7 Å². The van der Waals surface area contributed by atoms with Crippen molar-refractivity contribution in [3.63, 3.8) is 0 Å². The topological polar surface area (TPSA) is 26.0 Å². The molecule has 2 N–H and O–H groups in total. The Morgan fingerprint density at radius 2 is 2.00 bits per heavy atom. The fourth-order valence-electron chi connectivity index (χ4n) is 2.67. The van der Waals surface area contributed by atoms with Crippen LogP contribution in [0.1, 0.15) is 57.7 Å². The first-order valence-corrected chi connectivity index (χ1v) is 7.89. The first-order valence-electron chi connectivity index (χ1n) is 7.07. The minimum Gasteiger partial charge on any atom is -0.320 e. The van der Waals surface area contributed by atoms with Gasteiger partial charge in [0, 0.05) is 9.75 Å². The van der Waals surface area contributed by atoms with Crippen LogP contribution in [0, 0.1) is 13.8 Å². The van der Waals surface area contributed by atoms with Crippen molar-refractivity contribution in [1.82, 2.24) is 0 Å². The molecule has 1 aromatic carbocycles. The predicted molar refractivity (Wildman–Crippen MR) is 82.9 cm³/mol. The lowest BCUT2D eigenvalue weighted by Gasteiger charge is -2.26. The summed E-state index contributed by atoms with van der Waals surface area (Å²) >= 11 is 1.83. The molecule has 19 heavy (non-hydrogen) atoms. The third kappa shape index (κ3) is 2.47. The molecule has 0 spiro atoms. The van der Waals surface area contributed by atoms with Gasteiger partial charge in [-0.25, -0.2) is 0 Å². The van der Waals surface area contributed by atoms with Crippen LogP contribution in [-0.4, -0.2) is 0 Å². The van der Waals surface area contributed by atoms with Gasteiger partial charge < -0.3 is 5.73 Å². The van der Waals surface area contributed by atoms with Crippen molar-refractivity contribution in [1.29, 1.82) is 0 Å². The van der Waals surface area contributed by atoms with Crippen LogP contribution in [0.3, 0.4) is 0 Å². The van der Waals surface area contributed by atoms with Gasteiger partial charge >= 0.3 is 0 Å². The minimum atomic E-state index is 0.0254. The summed E-state index contributed by atoms with van der Waals surface area (Å²) in [6.45, 7) is 4.33. The summed E-state index contributed by atoms with van der Waals surface area (Å²) < 4.78 is 0. The third-order valence-corrected chi connectivity index (χ3v) is 5.57. The van der Waals surface area contributed by atoms with Crippen molar-refractivity contribution in [2.24, 2.45) is 5.73 Å². The van der Waals surface area contributed by atoms with Crippen LogP contribution in [0.15, 0.2) is 30.3 Å². The normalized spacial score (nSPS) is 17.2. The van der Waals surface area contributed by atoms with Gasteiger partial charge in [0.1, 0.15) is 0 Å². The molecule has 1 unspecified atom stereocenters. The summed E-state index contributed by atoms with van der Waals surface area (Å²) in [5.41, 5.74) is 10.5. The van der Waals surface area contributed by atoms with Crippen LogP contribution in [0.2, 0.25) is 0 Å². The minimum absolute atomic E-state index is 0.0254. The third-order valence-electron chi connectivity index (χ3n) is 4.34. The number of aryl methyl sites for hydroxylation is 2. The molecule has 1 fully saturated rings. The van der Waals surface area contributed by atoms with Crippen molar-refractivity contribution >= 4 is 11.3 Å². The molecule has 1 saturated carbocycles. The number of hydrogen-bond acceptors (Lipinski definition) is 2. The number of nitrogens with two attached hydrogens (primary N) is 1. The molecular weight excluding hydrogens is 250 g/mol. The lowest BCUT2D eigenvalue weighted by atomic mass is 9.79. The van der Waals surface area contributed by atoms with Crippen LogP contribution in [0.5, 0.6) is 0 Å². The number of benzene rings is 1. The molecule has 0 saturated heterocycles. The van der Waals surface area contributed by atoms with Crippen LogP contribution in [0.25, 0.3) is 0 Å². The smallest absolute Gasteiger partial charge is 0.0646 e. The predicted octanol–water partition coefficient (Wildman–Crippen LogP) is 4.68. The maximum absolute atomic E-state index is 6.44. The number of hydrogen-bond donors (Lipinski definition) is 1. The summed E-state index contributed by atoms with van der Waals surface area (Å²) in [6, 6.07) is 11.2. The summed E-state index contributed by atoms with van der Waals surface area (Å²) in [6.07, 6.45) is 4.07. The molecule has 1 atom stereocenters. The second kappa shape index (κ2) is 5.10. The molecule has 0 amide bonds. The summed E-state index contributed by atoms with van der Waals surface area (Å²) in [5.74, 6) is 0.777. The van der Waals surface area contributed by atoms with E-state index in [0.29, 0.717) is 0 Å². The van der Waals surface area contributed by atoms with Crippen molar-refractivity contribution < 1.29 is 0 Å². The highest BCUT2D eigenvalue weighted by molar-refractivity contribution is 7.12. The molecule has 1 heterocycles. The van der Waals surface area contributed by atoms with Gasteiger partial charge in [0.2, 0.25) is 0 Å². The first-order chi connectivity index (χ1) is 9.15. The lowest BCUT2D eigenvalue weighted by Crippen LogP contribution is -2.13. The van der Waals surface area contributed by atoms with E-state index in [9.17, 15) is 0 Å². The molecule has 0 aliphatic heterocycles. The molecule has 2 aromatic rings. The van der Waals surface area contributed by atoms with Crippen LogP contribution >= 0.6 is 11.3 Å². The summed E-state index contributed by atoms with van der Waals surface area (Å²) in [4.78, 5) is 2.65. The Bertz CT molecular complexity index is 561. The molecular formula is C17H21NS. The fraction of sp³-hybridized carbons (Fsp3) is 0.412. The van der Waals surface area contributed by atoms with E-state index in [-0.39, 0.29) is 6.04 Å². The molecule has 3 rings (SSSR count). The molecule has 1 nitrogen and oxygen atoms in total. The monoisotopic (exact) mass is 271 g/mol. The number of thiophene rings is 1. The molecule has 2 heteroatoms. The molecule has 1 aliphatic rings. The summed E-state index contributed by atoms with van der Waals surface area (Å²) in [5, 5.41) is 0. The average molecular weight is 271 g/mol. The fourth-order valence-corrected chi connectivity index (χ4v) is 3.74. The highest BCUT2D eigenvalue weighted by atomic mass is 32.1. The van der Waals surface area contributed by atoms with E-state index in [0.717, 1.165) is 5.92 Å². The van der Waals surface area contributed by atoms with Crippen LogP contribution in [-0.2, 0) is 0 Å². The Balaban J connectivity index is 1.88. The van der Waals surface area contributed by atoms with Gasteiger partial charge in [-0.3, -0.25) is 0 Å². The maximum atomic E-state index is 6.44. The van der Waals surface area contributed by atoms with Gasteiger partial charge in [0.25, 0.3) is 0 Å². The highest BCUT2D eigenvalue weighted by Crippen LogP contribution is 2.37. The Morgan fingerprint density at radius 1 is 1.21 bits per heavy atom. The van der Waals surface area contributed by atoms with Crippen molar-refractivity contribution in [2.75, 3.05) is 0 Å². The van der Waals surface area contributed by atoms with E-state index < -0.39 is 0 Å². The second-order valence-electron chi connectivity index (χ2n) is 5.66. The van der Waals surface area contributed by atoms with Crippen LogP contribution in [0.4, 0.5) is 0 Å². The van der Waals surface area contributed by atoms with Gasteiger partial charge in [-0.15, -0.1) is 11.3 Å². The van der Waals surface area contributed by atoms with E-state index in [4.69, 9.17) is 5.73 Å². The zero-order valence-electron chi connectivity index (χ0n) is 11.6. The van der Waals surface area contributed by atoms with Crippen LogP contribution < -0.4 is 5.73 Å². The zero-order chi connectivity index (χ0) is 13.4. The Kier molecular flexibility index (Phi) is 3.46. The summed E-state index contributed by atoms with van der Waals surface area (Å²) in [7, 11) is 0. The van der Waals surface area contributed by atoms with Crippen molar-refractivity contribution in [3.8, 4) is 0 Å².